The molecular formula is C7H11N. The number of nitrogens with one attached hydrogen (secondary N) is 1. The van der Waals surface area contributed by atoms with E-state index in [0.717, 1.165) is 6.42 Å². The lowest BCUT2D eigenvalue weighted by atomic mass is 10.2. The van der Waals surface area contributed by atoms with Gasteiger partial charge in [0.1, 0.15) is 0 Å². The molecule has 0 aromatic carbocycles. The van der Waals surface area contributed by atoms with E-state index in [1.165, 1.54) is 0 Å². The van der Waals surface area contributed by atoms with Crippen LogP contribution in [-0.2, 0) is 0 Å². The lowest BCUT2D eigenvalue weighted by Crippen LogP contribution is -2.21. The molecule has 8 heavy (non-hydrogen) atoms. The SMILES string of the molecule is C#CC(CC=C)NC. The second-order valence-electron chi connectivity index (χ2n) is 1.53. The van der Waals surface area contributed by atoms with Crippen molar-refractivity contribution in [3.05, 3.63) is 12.7 Å². The summed E-state index contributed by atoms with van der Waals surface area (Å²) in [7, 11) is 1.84. The fraction of sp³-hybridized carbons (Fsp3) is 0.429. The average Bonchev–Trinajstić information content (AvgIpc) is 1.83. The molecule has 0 bridgehead atoms. The summed E-state index contributed by atoms with van der Waals surface area (Å²) in [4.78, 5) is 0. The van der Waals surface area contributed by atoms with Crippen LogP contribution in [0.3, 0.4) is 0 Å². The standard InChI is InChI=1S/C7H11N/c1-4-6-7(5-2)8-3/h2,4,7-8H,1,6H2,3H3. The molecule has 0 aliphatic rings. The minimum atomic E-state index is 0.160. The third kappa shape index (κ3) is 2.44. The van der Waals surface area contributed by atoms with Gasteiger partial charge in [0.25, 0.3) is 0 Å². The molecule has 0 aliphatic carbocycles. The molecule has 0 aromatic rings. The van der Waals surface area contributed by atoms with E-state index in [9.17, 15) is 0 Å². The van der Waals surface area contributed by atoms with Crippen LogP contribution in [0.25, 0.3) is 0 Å². The zero-order valence-corrected chi connectivity index (χ0v) is 5.15. The zero-order valence-electron chi connectivity index (χ0n) is 5.15. The van der Waals surface area contributed by atoms with Gasteiger partial charge in [0.05, 0.1) is 6.04 Å². The van der Waals surface area contributed by atoms with Crippen molar-refractivity contribution < 1.29 is 0 Å². The third-order valence-electron chi connectivity index (χ3n) is 0.952. The Morgan fingerprint density at radius 3 is 2.75 bits per heavy atom. The van der Waals surface area contributed by atoms with Crippen LogP contribution in [0.1, 0.15) is 6.42 Å². The number of hydrogen-bond acceptors (Lipinski definition) is 1. The Kier molecular flexibility index (Phi) is 4.01. The molecule has 0 rings (SSSR count). The second-order valence-corrected chi connectivity index (χ2v) is 1.53. The quantitative estimate of drug-likeness (QED) is 0.417. The van der Waals surface area contributed by atoms with Gasteiger partial charge in [-0.05, 0) is 13.5 Å². The number of rotatable bonds is 3. The van der Waals surface area contributed by atoms with Crippen molar-refractivity contribution in [2.45, 2.75) is 12.5 Å². The van der Waals surface area contributed by atoms with E-state index >= 15 is 0 Å². The summed E-state index contributed by atoms with van der Waals surface area (Å²) in [5.41, 5.74) is 0. The van der Waals surface area contributed by atoms with E-state index in [1.54, 1.807) is 6.08 Å². The van der Waals surface area contributed by atoms with Gasteiger partial charge in [-0.2, -0.15) is 0 Å². The van der Waals surface area contributed by atoms with Gasteiger partial charge in [-0.15, -0.1) is 13.0 Å². The van der Waals surface area contributed by atoms with Gasteiger partial charge in [-0.25, -0.2) is 0 Å². The van der Waals surface area contributed by atoms with E-state index in [-0.39, 0.29) is 6.04 Å². The van der Waals surface area contributed by atoms with Crippen molar-refractivity contribution in [1.82, 2.24) is 5.32 Å². The molecule has 0 radical (unpaired) electrons. The smallest absolute Gasteiger partial charge is 0.0719 e. The molecule has 1 unspecified atom stereocenters. The first-order valence-corrected chi connectivity index (χ1v) is 2.59. The van der Waals surface area contributed by atoms with Gasteiger partial charge in [0.15, 0.2) is 0 Å². The van der Waals surface area contributed by atoms with Gasteiger partial charge in [-0.3, -0.25) is 0 Å². The molecule has 0 saturated heterocycles. The molecule has 1 heteroatoms. The Labute approximate surface area is 50.8 Å². The van der Waals surface area contributed by atoms with Crippen LogP contribution in [0.15, 0.2) is 12.7 Å². The van der Waals surface area contributed by atoms with Gasteiger partial charge in [0, 0.05) is 0 Å². The highest BCUT2D eigenvalue weighted by Crippen LogP contribution is 1.86. The summed E-state index contributed by atoms with van der Waals surface area (Å²) in [6.07, 6.45) is 7.76. The molecule has 1 nitrogen and oxygen atoms in total. The van der Waals surface area contributed by atoms with Gasteiger partial charge in [-0.1, -0.05) is 12.0 Å². The van der Waals surface area contributed by atoms with Crippen LogP contribution < -0.4 is 5.32 Å². The van der Waals surface area contributed by atoms with E-state index in [1.807, 2.05) is 7.05 Å². The molecule has 0 aromatic heterocycles. The van der Waals surface area contributed by atoms with Crippen LogP contribution in [0.5, 0.6) is 0 Å². The molecule has 0 spiro atoms. The zero-order chi connectivity index (χ0) is 6.41. The molecular weight excluding hydrogens is 98.1 g/mol. The molecule has 0 fully saturated rings. The Bertz CT molecular complexity index is 99.4. The number of terminal acetylenes is 1. The van der Waals surface area contributed by atoms with Crippen LogP contribution in [-0.4, -0.2) is 13.1 Å². The predicted octanol–water partition coefficient (Wildman–Crippen LogP) is 0.784. The Balaban J connectivity index is 3.40. The molecule has 0 aliphatic heterocycles. The minimum absolute atomic E-state index is 0.160. The first-order chi connectivity index (χ1) is 3.85. The van der Waals surface area contributed by atoms with E-state index in [0.29, 0.717) is 0 Å². The van der Waals surface area contributed by atoms with Crippen molar-refractivity contribution in [2.24, 2.45) is 0 Å². The van der Waals surface area contributed by atoms with Crippen LogP contribution in [0.2, 0.25) is 0 Å². The van der Waals surface area contributed by atoms with Gasteiger partial charge in [0.2, 0.25) is 0 Å². The lowest BCUT2D eigenvalue weighted by molar-refractivity contribution is 0.697. The molecule has 44 valence electrons. The molecule has 1 N–H and O–H groups in total. The highest BCUT2D eigenvalue weighted by molar-refractivity contribution is 5.00. The third-order valence-corrected chi connectivity index (χ3v) is 0.952. The Hall–Kier alpha value is -0.740. The summed E-state index contributed by atoms with van der Waals surface area (Å²) in [6.45, 7) is 3.56. The summed E-state index contributed by atoms with van der Waals surface area (Å²) < 4.78 is 0. The Morgan fingerprint density at radius 2 is 2.62 bits per heavy atom. The van der Waals surface area contributed by atoms with Crippen molar-refractivity contribution >= 4 is 0 Å². The summed E-state index contributed by atoms with van der Waals surface area (Å²) in [5, 5.41) is 2.95. The van der Waals surface area contributed by atoms with Crippen molar-refractivity contribution in [2.75, 3.05) is 7.05 Å². The maximum atomic E-state index is 5.11. The van der Waals surface area contributed by atoms with E-state index in [2.05, 4.69) is 17.8 Å². The highest BCUT2D eigenvalue weighted by atomic mass is 14.8. The molecule has 0 amide bonds. The number of hydrogen-bond donors (Lipinski definition) is 1. The fourth-order valence-electron chi connectivity index (χ4n) is 0.436. The normalized spacial score (nSPS) is 12.0. The molecule has 0 heterocycles. The van der Waals surface area contributed by atoms with Crippen LogP contribution >= 0.6 is 0 Å². The summed E-state index contributed by atoms with van der Waals surface area (Å²) in [5.74, 6) is 2.57. The molecule has 0 saturated carbocycles. The summed E-state index contributed by atoms with van der Waals surface area (Å²) in [6, 6.07) is 0.160. The second kappa shape index (κ2) is 4.42. The topological polar surface area (TPSA) is 12.0 Å². The maximum Gasteiger partial charge on any atom is 0.0719 e. The van der Waals surface area contributed by atoms with Crippen molar-refractivity contribution in [3.8, 4) is 12.3 Å². The lowest BCUT2D eigenvalue weighted by Gasteiger charge is -2.02. The maximum absolute atomic E-state index is 5.11. The van der Waals surface area contributed by atoms with E-state index < -0.39 is 0 Å². The monoisotopic (exact) mass is 109 g/mol. The first-order valence-electron chi connectivity index (χ1n) is 2.59. The van der Waals surface area contributed by atoms with Crippen LogP contribution in [0.4, 0.5) is 0 Å². The highest BCUT2D eigenvalue weighted by Gasteiger charge is 1.93. The summed E-state index contributed by atoms with van der Waals surface area (Å²) >= 11 is 0. The van der Waals surface area contributed by atoms with E-state index in [4.69, 9.17) is 6.42 Å². The first kappa shape index (κ1) is 7.26. The fourth-order valence-corrected chi connectivity index (χ4v) is 0.436. The minimum Gasteiger partial charge on any atom is -0.307 e. The van der Waals surface area contributed by atoms with Crippen LogP contribution in [0, 0.1) is 12.3 Å². The molecule has 1 atom stereocenters. The van der Waals surface area contributed by atoms with Gasteiger partial charge >= 0.3 is 0 Å². The van der Waals surface area contributed by atoms with Crippen molar-refractivity contribution in [3.63, 3.8) is 0 Å². The predicted molar refractivity (Wildman–Crippen MR) is 36.5 cm³/mol. The van der Waals surface area contributed by atoms with Gasteiger partial charge < -0.3 is 5.32 Å². The van der Waals surface area contributed by atoms with Crippen molar-refractivity contribution in [1.29, 1.82) is 0 Å². The average molecular weight is 109 g/mol. The Morgan fingerprint density at radius 1 is 2.00 bits per heavy atom. The largest absolute Gasteiger partial charge is 0.307 e.